The normalized spacial score (nSPS) is 17.3. The van der Waals surface area contributed by atoms with Gasteiger partial charge >= 0.3 is 0 Å². The molecule has 0 saturated carbocycles. The quantitative estimate of drug-likeness (QED) is 0.495. The number of carbonyl (C=O) groups excluding carboxylic acids is 1. The van der Waals surface area contributed by atoms with Gasteiger partial charge in [-0.3, -0.25) is 4.79 Å². The van der Waals surface area contributed by atoms with E-state index in [0.717, 1.165) is 41.0 Å². The summed E-state index contributed by atoms with van der Waals surface area (Å²) in [5, 5.41) is 8.79. The van der Waals surface area contributed by atoms with E-state index in [-0.39, 0.29) is 11.8 Å². The molecule has 8 heteroatoms. The number of fused-ring (bicyclic) bond motifs is 1. The molecule has 2 aliphatic rings. The highest BCUT2D eigenvalue weighted by molar-refractivity contribution is 7.99. The van der Waals surface area contributed by atoms with Crippen molar-refractivity contribution in [3.05, 3.63) is 70.9 Å². The number of carbonyl (C=O) groups is 1. The molecule has 0 spiro atoms. The lowest BCUT2D eigenvalue weighted by Gasteiger charge is -2.32. The van der Waals surface area contributed by atoms with E-state index in [1.807, 2.05) is 53.2 Å². The second kappa shape index (κ2) is 9.31. The van der Waals surface area contributed by atoms with Gasteiger partial charge in [0.15, 0.2) is 17.3 Å². The summed E-state index contributed by atoms with van der Waals surface area (Å²) in [5.74, 6) is 2.98. The molecule has 0 saturated heterocycles. The third kappa shape index (κ3) is 4.23. The standard InChI is InChI=1S/C25H26N4O3S/c1-3-33-25-27-24-26-18-10-7-11-19(30)22(18)23(29(24)28-25)17-12-13-20(21(14-17)31-2)32-15-16-8-5-4-6-9-16/h4-6,8-9,12-14,23H,3,7,10-11,15H2,1-2H3,(H,26,27,28). The lowest BCUT2D eigenvalue weighted by atomic mass is 9.85. The second-order valence-electron chi connectivity index (χ2n) is 7.98. The third-order valence-corrected chi connectivity index (χ3v) is 6.58. The van der Waals surface area contributed by atoms with E-state index >= 15 is 0 Å². The monoisotopic (exact) mass is 462 g/mol. The molecule has 170 valence electrons. The number of ether oxygens (including phenoxy) is 2. The molecular weight excluding hydrogens is 436 g/mol. The number of thioether (sulfide) groups is 1. The van der Waals surface area contributed by atoms with Gasteiger partial charge in [-0.25, -0.2) is 4.68 Å². The Morgan fingerprint density at radius 1 is 1.15 bits per heavy atom. The fourth-order valence-corrected chi connectivity index (χ4v) is 4.90. The molecule has 3 aromatic rings. The van der Waals surface area contributed by atoms with Gasteiger partial charge in [0, 0.05) is 17.7 Å². The van der Waals surface area contributed by atoms with Crippen molar-refractivity contribution in [1.29, 1.82) is 0 Å². The fourth-order valence-electron chi connectivity index (χ4n) is 4.34. The van der Waals surface area contributed by atoms with Crippen molar-refractivity contribution < 1.29 is 14.3 Å². The zero-order chi connectivity index (χ0) is 22.8. The van der Waals surface area contributed by atoms with E-state index in [1.54, 1.807) is 18.9 Å². The zero-order valence-electron chi connectivity index (χ0n) is 18.7. The predicted octanol–water partition coefficient (Wildman–Crippen LogP) is 5.00. The Morgan fingerprint density at radius 2 is 2.00 bits per heavy atom. The van der Waals surface area contributed by atoms with Gasteiger partial charge in [-0.2, -0.15) is 4.98 Å². The summed E-state index contributed by atoms with van der Waals surface area (Å²) in [6.07, 6.45) is 2.22. The van der Waals surface area contributed by atoms with E-state index < -0.39 is 0 Å². The third-order valence-electron chi connectivity index (χ3n) is 5.86. The molecule has 33 heavy (non-hydrogen) atoms. The van der Waals surface area contributed by atoms with E-state index in [9.17, 15) is 4.79 Å². The van der Waals surface area contributed by atoms with E-state index in [1.165, 1.54) is 0 Å². The van der Waals surface area contributed by atoms with Crippen molar-refractivity contribution in [2.75, 3.05) is 18.2 Å². The maximum absolute atomic E-state index is 13.0. The van der Waals surface area contributed by atoms with Crippen molar-refractivity contribution in [1.82, 2.24) is 14.8 Å². The molecule has 0 fully saturated rings. The molecule has 1 unspecified atom stereocenters. The van der Waals surface area contributed by atoms with Crippen molar-refractivity contribution in [3.8, 4) is 11.5 Å². The number of Topliss-reactive ketones (excluding diaryl/α,β-unsaturated/α-hetero) is 1. The Bertz CT molecular complexity index is 1210. The minimum atomic E-state index is -0.347. The Hall–Kier alpha value is -3.26. The lowest BCUT2D eigenvalue weighted by molar-refractivity contribution is -0.116. The Labute approximate surface area is 197 Å². The van der Waals surface area contributed by atoms with Gasteiger partial charge < -0.3 is 14.8 Å². The van der Waals surface area contributed by atoms with Gasteiger partial charge in [0.25, 0.3) is 0 Å². The number of allylic oxidation sites excluding steroid dienone is 2. The van der Waals surface area contributed by atoms with Crippen LogP contribution in [-0.2, 0) is 11.4 Å². The molecule has 0 bridgehead atoms. The number of benzene rings is 2. The van der Waals surface area contributed by atoms with Crippen LogP contribution in [0.5, 0.6) is 11.5 Å². The predicted molar refractivity (Wildman–Crippen MR) is 128 cm³/mol. The average Bonchev–Trinajstić information content (AvgIpc) is 3.24. The zero-order valence-corrected chi connectivity index (χ0v) is 19.5. The summed E-state index contributed by atoms with van der Waals surface area (Å²) in [6, 6.07) is 15.5. The van der Waals surface area contributed by atoms with Crippen molar-refractivity contribution >= 4 is 23.5 Å². The number of methoxy groups -OCH3 is 1. The minimum absolute atomic E-state index is 0.156. The summed E-state index contributed by atoms with van der Waals surface area (Å²) in [5.41, 5.74) is 3.72. The van der Waals surface area contributed by atoms with Crippen LogP contribution >= 0.6 is 11.8 Å². The van der Waals surface area contributed by atoms with Crippen LogP contribution in [0.2, 0.25) is 0 Å². The molecular formula is C25H26N4O3S. The number of rotatable bonds is 7. The number of hydrogen-bond acceptors (Lipinski definition) is 7. The molecule has 1 aromatic heterocycles. The topological polar surface area (TPSA) is 78.3 Å². The SMILES string of the molecule is CCSc1nc2n(n1)C(c1ccc(OCc3ccccc3)c(OC)c1)C1=C(CCCC1=O)N2. The largest absolute Gasteiger partial charge is 0.493 e. The summed E-state index contributed by atoms with van der Waals surface area (Å²) >= 11 is 1.58. The summed E-state index contributed by atoms with van der Waals surface area (Å²) < 4.78 is 13.5. The first-order valence-corrected chi connectivity index (χ1v) is 12.1. The van der Waals surface area contributed by atoms with Crippen LogP contribution in [0.1, 0.15) is 43.4 Å². The maximum atomic E-state index is 13.0. The number of ketones is 1. The van der Waals surface area contributed by atoms with Crippen molar-refractivity contribution in [2.24, 2.45) is 0 Å². The van der Waals surface area contributed by atoms with Gasteiger partial charge in [0.1, 0.15) is 12.6 Å². The van der Waals surface area contributed by atoms with Crippen LogP contribution < -0.4 is 14.8 Å². The number of hydrogen-bond donors (Lipinski definition) is 1. The van der Waals surface area contributed by atoms with Gasteiger partial charge in [-0.15, -0.1) is 5.10 Å². The Morgan fingerprint density at radius 3 is 2.79 bits per heavy atom. The molecule has 1 aliphatic carbocycles. The van der Waals surface area contributed by atoms with Crippen molar-refractivity contribution in [2.45, 2.75) is 44.0 Å². The Balaban J connectivity index is 1.52. The molecule has 0 amide bonds. The fraction of sp³-hybridized carbons (Fsp3) is 0.320. The van der Waals surface area contributed by atoms with E-state index in [4.69, 9.17) is 14.6 Å². The van der Waals surface area contributed by atoms with Crippen LogP contribution in [0, 0.1) is 0 Å². The number of aromatic nitrogens is 3. The molecule has 2 heterocycles. The van der Waals surface area contributed by atoms with Gasteiger partial charge in [-0.05, 0) is 41.9 Å². The number of nitrogens with zero attached hydrogens (tertiary/aromatic N) is 3. The van der Waals surface area contributed by atoms with Crippen LogP contribution in [0.3, 0.4) is 0 Å². The maximum Gasteiger partial charge on any atom is 0.227 e. The molecule has 1 atom stereocenters. The Kier molecular flexibility index (Phi) is 6.09. The molecule has 1 aliphatic heterocycles. The average molecular weight is 463 g/mol. The van der Waals surface area contributed by atoms with Crippen LogP contribution in [0.4, 0.5) is 5.95 Å². The van der Waals surface area contributed by atoms with Crippen molar-refractivity contribution in [3.63, 3.8) is 0 Å². The highest BCUT2D eigenvalue weighted by atomic mass is 32.2. The summed E-state index contributed by atoms with van der Waals surface area (Å²) in [4.78, 5) is 17.7. The molecule has 1 N–H and O–H groups in total. The molecule has 7 nitrogen and oxygen atoms in total. The van der Waals surface area contributed by atoms with E-state index in [2.05, 4.69) is 17.2 Å². The van der Waals surface area contributed by atoms with Crippen LogP contribution in [0.25, 0.3) is 0 Å². The first kappa shape index (κ1) is 21.6. The molecule has 2 aromatic carbocycles. The van der Waals surface area contributed by atoms with Gasteiger partial charge in [-0.1, -0.05) is 55.1 Å². The first-order valence-electron chi connectivity index (χ1n) is 11.1. The number of nitrogens with one attached hydrogen (secondary N) is 1. The van der Waals surface area contributed by atoms with Crippen LogP contribution in [0.15, 0.2) is 65.0 Å². The second-order valence-corrected chi connectivity index (χ2v) is 9.21. The molecule has 5 rings (SSSR count). The summed E-state index contributed by atoms with van der Waals surface area (Å²) in [7, 11) is 1.63. The smallest absolute Gasteiger partial charge is 0.227 e. The van der Waals surface area contributed by atoms with E-state index in [0.29, 0.717) is 35.6 Å². The summed E-state index contributed by atoms with van der Waals surface area (Å²) in [6.45, 7) is 2.52. The highest BCUT2D eigenvalue weighted by Crippen LogP contribution is 2.42. The molecule has 0 radical (unpaired) electrons. The minimum Gasteiger partial charge on any atom is -0.493 e. The first-order chi connectivity index (χ1) is 16.2. The van der Waals surface area contributed by atoms with Gasteiger partial charge in [0.2, 0.25) is 11.1 Å². The lowest BCUT2D eigenvalue weighted by Crippen LogP contribution is -2.31. The number of anilines is 1. The highest BCUT2D eigenvalue weighted by Gasteiger charge is 2.37. The van der Waals surface area contributed by atoms with Crippen LogP contribution in [-0.4, -0.2) is 33.4 Å². The van der Waals surface area contributed by atoms with Gasteiger partial charge in [0.05, 0.1) is 7.11 Å².